The molecule has 24 heavy (non-hydrogen) atoms. The van der Waals surface area contributed by atoms with Crippen LogP contribution in [0.25, 0.3) is 0 Å². The second-order valence-corrected chi connectivity index (χ2v) is 6.04. The third kappa shape index (κ3) is 5.23. The Morgan fingerprint density at radius 3 is 1.38 bits per heavy atom. The van der Waals surface area contributed by atoms with Gasteiger partial charge in [-0.05, 0) is 23.0 Å². The third-order valence-corrected chi connectivity index (χ3v) is 4.08. The maximum Gasteiger partial charge on any atom is 0.309 e. The molecule has 2 aromatic carbocycles. The molecule has 4 heteroatoms. The lowest BCUT2D eigenvalue weighted by Crippen LogP contribution is -2.42. The molecule has 0 aliphatic carbocycles. The van der Waals surface area contributed by atoms with Gasteiger partial charge in [0.15, 0.2) is 0 Å². The van der Waals surface area contributed by atoms with Crippen LogP contribution in [0.2, 0.25) is 0 Å². The van der Waals surface area contributed by atoms with Gasteiger partial charge in [-0.15, -0.1) is 0 Å². The van der Waals surface area contributed by atoms with E-state index in [1.165, 1.54) is 0 Å². The molecule has 0 bridgehead atoms. The topological polar surface area (TPSA) is 58.2 Å². The normalized spacial score (nSPS) is 12.9. The van der Waals surface area contributed by atoms with Crippen molar-refractivity contribution in [2.24, 2.45) is 0 Å². The van der Waals surface area contributed by atoms with Crippen molar-refractivity contribution in [3.63, 3.8) is 0 Å². The molecular formula is C20H24N2O2. The quantitative estimate of drug-likeness (QED) is 0.803. The Bertz CT molecular complexity index is 596. The van der Waals surface area contributed by atoms with Crippen molar-refractivity contribution >= 4 is 11.8 Å². The zero-order valence-corrected chi connectivity index (χ0v) is 14.2. The van der Waals surface area contributed by atoms with Crippen molar-refractivity contribution in [2.75, 3.05) is 13.1 Å². The Morgan fingerprint density at radius 2 is 1.04 bits per heavy atom. The van der Waals surface area contributed by atoms with Gasteiger partial charge in [0.1, 0.15) is 0 Å². The fraction of sp³-hybridized carbons (Fsp3) is 0.300. The minimum absolute atomic E-state index is 0.159. The summed E-state index contributed by atoms with van der Waals surface area (Å²) in [5, 5.41) is 5.39. The molecule has 0 aliphatic heterocycles. The Hall–Kier alpha value is -2.62. The molecular weight excluding hydrogens is 300 g/mol. The first-order valence-electron chi connectivity index (χ1n) is 8.24. The van der Waals surface area contributed by atoms with Crippen LogP contribution < -0.4 is 10.6 Å². The molecule has 4 nitrogen and oxygen atoms in total. The first-order chi connectivity index (χ1) is 11.6. The minimum Gasteiger partial charge on any atom is -0.347 e. The molecule has 126 valence electrons. The molecule has 2 N–H and O–H groups in total. The molecule has 2 aromatic rings. The fourth-order valence-electron chi connectivity index (χ4n) is 2.45. The molecule has 0 saturated heterocycles. The number of carbonyl (C=O) groups is 2. The van der Waals surface area contributed by atoms with Crippen molar-refractivity contribution < 1.29 is 9.59 Å². The SMILES string of the molecule is C[C@@H](CNC(=O)C(=O)NC[C@H](C)c1ccccc1)c1ccccc1. The number of rotatable bonds is 6. The van der Waals surface area contributed by atoms with Gasteiger partial charge in [0.05, 0.1) is 0 Å². The van der Waals surface area contributed by atoms with E-state index in [-0.39, 0.29) is 11.8 Å². The molecule has 2 rings (SSSR count). The summed E-state index contributed by atoms with van der Waals surface area (Å²) >= 11 is 0. The van der Waals surface area contributed by atoms with Gasteiger partial charge < -0.3 is 10.6 Å². The summed E-state index contributed by atoms with van der Waals surface area (Å²) in [7, 11) is 0. The van der Waals surface area contributed by atoms with Crippen LogP contribution in [-0.2, 0) is 9.59 Å². The van der Waals surface area contributed by atoms with Gasteiger partial charge >= 0.3 is 11.8 Å². The summed E-state index contributed by atoms with van der Waals surface area (Å²) in [5.74, 6) is -0.853. The molecule has 0 saturated carbocycles. The molecule has 0 fully saturated rings. The second-order valence-electron chi connectivity index (χ2n) is 6.04. The van der Waals surface area contributed by atoms with E-state index in [1.54, 1.807) is 0 Å². The highest BCUT2D eigenvalue weighted by Gasteiger charge is 2.16. The Kier molecular flexibility index (Phi) is 6.55. The van der Waals surface area contributed by atoms with Gasteiger partial charge in [0.2, 0.25) is 0 Å². The van der Waals surface area contributed by atoms with Crippen molar-refractivity contribution in [1.29, 1.82) is 0 Å². The summed E-state index contributed by atoms with van der Waals surface area (Å²) in [4.78, 5) is 23.8. The molecule has 0 heterocycles. The van der Waals surface area contributed by atoms with E-state index in [2.05, 4.69) is 10.6 Å². The number of carbonyl (C=O) groups excluding carboxylic acids is 2. The van der Waals surface area contributed by atoms with Gasteiger partial charge in [-0.2, -0.15) is 0 Å². The van der Waals surface area contributed by atoms with Gasteiger partial charge in [-0.1, -0.05) is 74.5 Å². The largest absolute Gasteiger partial charge is 0.347 e. The van der Waals surface area contributed by atoms with E-state index in [1.807, 2.05) is 74.5 Å². The number of nitrogens with one attached hydrogen (secondary N) is 2. The van der Waals surface area contributed by atoms with Gasteiger partial charge in [-0.3, -0.25) is 9.59 Å². The summed E-state index contributed by atoms with van der Waals surface area (Å²) in [6.45, 7) is 4.91. The zero-order chi connectivity index (χ0) is 17.4. The summed E-state index contributed by atoms with van der Waals surface area (Å²) < 4.78 is 0. The predicted molar refractivity (Wildman–Crippen MR) is 95.7 cm³/mol. The standard InChI is InChI=1S/C20H24N2O2/c1-15(17-9-5-3-6-10-17)13-21-19(23)20(24)22-14-16(2)18-11-7-4-8-12-18/h3-12,15-16H,13-14H2,1-2H3,(H,21,23)(H,22,24)/t15-,16-/m0/s1. The second kappa shape index (κ2) is 8.87. The Labute approximate surface area is 143 Å². The highest BCUT2D eigenvalue weighted by molar-refractivity contribution is 6.35. The Balaban J connectivity index is 1.75. The molecule has 0 aliphatic rings. The molecule has 2 amide bonds. The predicted octanol–water partition coefficient (Wildman–Crippen LogP) is 2.83. The smallest absolute Gasteiger partial charge is 0.309 e. The van der Waals surface area contributed by atoms with Gasteiger partial charge in [0.25, 0.3) is 0 Å². The average molecular weight is 324 g/mol. The van der Waals surface area contributed by atoms with Crippen LogP contribution in [0.3, 0.4) is 0 Å². The van der Waals surface area contributed by atoms with Crippen LogP contribution in [0, 0.1) is 0 Å². The maximum absolute atomic E-state index is 11.9. The van der Waals surface area contributed by atoms with E-state index in [9.17, 15) is 9.59 Å². The fourth-order valence-corrected chi connectivity index (χ4v) is 2.45. The van der Waals surface area contributed by atoms with E-state index in [0.717, 1.165) is 11.1 Å². The van der Waals surface area contributed by atoms with E-state index in [4.69, 9.17) is 0 Å². The van der Waals surface area contributed by atoms with Crippen molar-refractivity contribution in [2.45, 2.75) is 25.7 Å². The van der Waals surface area contributed by atoms with E-state index in [0.29, 0.717) is 13.1 Å². The molecule has 0 unspecified atom stereocenters. The van der Waals surface area contributed by atoms with Crippen molar-refractivity contribution in [1.82, 2.24) is 10.6 Å². The summed E-state index contributed by atoms with van der Waals surface area (Å²) in [6.07, 6.45) is 0. The van der Waals surface area contributed by atoms with Crippen LogP contribution >= 0.6 is 0 Å². The first kappa shape index (κ1) is 17.7. The highest BCUT2D eigenvalue weighted by atomic mass is 16.2. The van der Waals surface area contributed by atoms with Gasteiger partial charge in [-0.25, -0.2) is 0 Å². The van der Waals surface area contributed by atoms with Crippen LogP contribution in [0.15, 0.2) is 60.7 Å². The maximum atomic E-state index is 11.9. The van der Waals surface area contributed by atoms with Crippen LogP contribution in [0.1, 0.15) is 36.8 Å². The van der Waals surface area contributed by atoms with Crippen LogP contribution in [-0.4, -0.2) is 24.9 Å². The van der Waals surface area contributed by atoms with E-state index >= 15 is 0 Å². The van der Waals surface area contributed by atoms with Crippen LogP contribution in [0.4, 0.5) is 0 Å². The zero-order valence-electron chi connectivity index (χ0n) is 14.2. The molecule has 0 aromatic heterocycles. The van der Waals surface area contributed by atoms with Crippen molar-refractivity contribution in [3.05, 3.63) is 71.8 Å². The molecule has 2 atom stereocenters. The number of hydrogen-bond donors (Lipinski definition) is 2. The lowest BCUT2D eigenvalue weighted by Gasteiger charge is -2.15. The monoisotopic (exact) mass is 324 g/mol. The first-order valence-corrected chi connectivity index (χ1v) is 8.24. The molecule has 0 spiro atoms. The number of hydrogen-bond acceptors (Lipinski definition) is 2. The van der Waals surface area contributed by atoms with Crippen LogP contribution in [0.5, 0.6) is 0 Å². The number of amides is 2. The summed E-state index contributed by atoms with van der Waals surface area (Å²) in [6, 6.07) is 19.8. The highest BCUT2D eigenvalue weighted by Crippen LogP contribution is 2.13. The van der Waals surface area contributed by atoms with Gasteiger partial charge in [0, 0.05) is 13.1 Å². The Morgan fingerprint density at radius 1 is 0.708 bits per heavy atom. The number of benzene rings is 2. The van der Waals surface area contributed by atoms with Crippen molar-refractivity contribution in [3.8, 4) is 0 Å². The summed E-state index contributed by atoms with van der Waals surface area (Å²) in [5.41, 5.74) is 2.27. The average Bonchev–Trinajstić information content (AvgIpc) is 2.64. The lowest BCUT2D eigenvalue weighted by molar-refractivity contribution is -0.139. The molecule has 0 radical (unpaired) electrons. The lowest BCUT2D eigenvalue weighted by atomic mass is 10.0. The third-order valence-electron chi connectivity index (χ3n) is 4.08. The van der Waals surface area contributed by atoms with E-state index < -0.39 is 11.8 Å². The minimum atomic E-state index is -0.585.